The van der Waals surface area contributed by atoms with E-state index in [1.54, 1.807) is 12.1 Å². The first-order chi connectivity index (χ1) is 8.74. The largest absolute Gasteiger partial charge is 0.490 e. The van der Waals surface area contributed by atoms with Crippen molar-refractivity contribution in [2.75, 3.05) is 6.54 Å². The average Bonchev–Trinajstić information content (AvgIpc) is 2.37. The molecule has 2 atom stereocenters. The maximum Gasteiger partial charge on any atom is 0.124 e. The summed E-state index contributed by atoms with van der Waals surface area (Å²) in [4.78, 5) is 0. The van der Waals surface area contributed by atoms with Crippen molar-refractivity contribution in [3.8, 4) is 5.75 Å². The second kappa shape index (κ2) is 6.19. The standard InChI is InChI=1S/C15H22FNO/c1-3-5-12-10-14(17-8-4-2)13-9-11(16)6-7-15(13)18-12/h6-7,9,12,14,17H,3-5,8,10H2,1-2H3. The average molecular weight is 251 g/mol. The summed E-state index contributed by atoms with van der Waals surface area (Å²) in [5.74, 6) is 0.657. The van der Waals surface area contributed by atoms with E-state index < -0.39 is 0 Å². The maximum absolute atomic E-state index is 13.4. The molecule has 2 nitrogen and oxygen atoms in total. The molecule has 1 aromatic rings. The summed E-state index contributed by atoms with van der Waals surface area (Å²) in [6.45, 7) is 5.26. The molecule has 1 aliphatic rings. The molecule has 100 valence electrons. The van der Waals surface area contributed by atoms with Gasteiger partial charge in [0.05, 0.1) is 0 Å². The highest BCUT2D eigenvalue weighted by molar-refractivity contribution is 5.38. The molecule has 0 aromatic heterocycles. The van der Waals surface area contributed by atoms with Crippen molar-refractivity contribution in [3.05, 3.63) is 29.6 Å². The number of ether oxygens (including phenoxy) is 1. The minimum absolute atomic E-state index is 0.186. The molecular weight excluding hydrogens is 229 g/mol. The molecule has 2 unspecified atom stereocenters. The van der Waals surface area contributed by atoms with Crippen LogP contribution in [-0.2, 0) is 0 Å². The zero-order valence-corrected chi connectivity index (χ0v) is 11.2. The van der Waals surface area contributed by atoms with Gasteiger partial charge in [-0.05, 0) is 37.6 Å². The molecule has 0 saturated carbocycles. The van der Waals surface area contributed by atoms with Crippen molar-refractivity contribution in [2.45, 2.75) is 51.7 Å². The van der Waals surface area contributed by atoms with Crippen LogP contribution < -0.4 is 10.1 Å². The fourth-order valence-corrected chi connectivity index (χ4v) is 2.53. The summed E-state index contributed by atoms with van der Waals surface area (Å²) in [6, 6.07) is 5.06. The number of rotatable bonds is 5. The Morgan fingerprint density at radius 3 is 2.89 bits per heavy atom. The number of halogens is 1. The van der Waals surface area contributed by atoms with Gasteiger partial charge in [0, 0.05) is 18.0 Å². The van der Waals surface area contributed by atoms with Crippen molar-refractivity contribution in [1.82, 2.24) is 5.32 Å². The van der Waals surface area contributed by atoms with Gasteiger partial charge in [-0.3, -0.25) is 0 Å². The van der Waals surface area contributed by atoms with Crippen LogP contribution in [0.2, 0.25) is 0 Å². The highest BCUT2D eigenvalue weighted by Crippen LogP contribution is 2.36. The van der Waals surface area contributed by atoms with Crippen LogP contribution in [0.5, 0.6) is 5.75 Å². The highest BCUT2D eigenvalue weighted by atomic mass is 19.1. The molecule has 0 bridgehead atoms. The Morgan fingerprint density at radius 2 is 2.17 bits per heavy atom. The summed E-state index contributed by atoms with van der Waals surface area (Å²) < 4.78 is 19.3. The van der Waals surface area contributed by atoms with Gasteiger partial charge < -0.3 is 10.1 Å². The van der Waals surface area contributed by atoms with E-state index in [-0.39, 0.29) is 18.0 Å². The van der Waals surface area contributed by atoms with Gasteiger partial charge in [0.25, 0.3) is 0 Å². The van der Waals surface area contributed by atoms with Crippen LogP contribution in [-0.4, -0.2) is 12.6 Å². The Bertz CT molecular complexity index is 394. The second-order valence-electron chi connectivity index (χ2n) is 4.95. The van der Waals surface area contributed by atoms with Crippen molar-refractivity contribution in [1.29, 1.82) is 0 Å². The summed E-state index contributed by atoms with van der Waals surface area (Å²) >= 11 is 0. The van der Waals surface area contributed by atoms with Crippen molar-refractivity contribution >= 4 is 0 Å². The van der Waals surface area contributed by atoms with Crippen LogP contribution in [0.4, 0.5) is 4.39 Å². The summed E-state index contributed by atoms with van der Waals surface area (Å²) in [6.07, 6.45) is 4.44. The van der Waals surface area contributed by atoms with E-state index >= 15 is 0 Å². The molecule has 1 heterocycles. The Balaban J connectivity index is 2.20. The molecule has 0 aliphatic carbocycles. The molecule has 0 amide bonds. The van der Waals surface area contributed by atoms with E-state index in [1.165, 1.54) is 6.07 Å². The smallest absolute Gasteiger partial charge is 0.124 e. The molecule has 0 spiro atoms. The van der Waals surface area contributed by atoms with E-state index in [2.05, 4.69) is 19.2 Å². The topological polar surface area (TPSA) is 21.3 Å². The van der Waals surface area contributed by atoms with Gasteiger partial charge in [0.1, 0.15) is 17.7 Å². The van der Waals surface area contributed by atoms with E-state index in [1.807, 2.05) is 0 Å². The molecule has 1 aromatic carbocycles. The minimum atomic E-state index is -0.186. The molecule has 1 N–H and O–H groups in total. The first kappa shape index (κ1) is 13.3. The van der Waals surface area contributed by atoms with Crippen LogP contribution >= 0.6 is 0 Å². The van der Waals surface area contributed by atoms with E-state index in [4.69, 9.17) is 4.74 Å². The maximum atomic E-state index is 13.4. The predicted octanol–water partition coefficient (Wildman–Crippen LogP) is 3.82. The number of hydrogen-bond acceptors (Lipinski definition) is 2. The molecule has 0 saturated heterocycles. The third-order valence-corrected chi connectivity index (χ3v) is 3.39. The zero-order chi connectivity index (χ0) is 13.0. The van der Waals surface area contributed by atoms with E-state index in [9.17, 15) is 4.39 Å². The quantitative estimate of drug-likeness (QED) is 0.859. The van der Waals surface area contributed by atoms with Gasteiger partial charge in [-0.2, -0.15) is 0 Å². The fourth-order valence-electron chi connectivity index (χ4n) is 2.53. The highest BCUT2D eigenvalue weighted by Gasteiger charge is 2.27. The first-order valence-electron chi connectivity index (χ1n) is 6.94. The Kier molecular flexibility index (Phi) is 4.59. The van der Waals surface area contributed by atoms with Crippen LogP contribution in [0.3, 0.4) is 0 Å². The van der Waals surface area contributed by atoms with Crippen molar-refractivity contribution in [3.63, 3.8) is 0 Å². The zero-order valence-electron chi connectivity index (χ0n) is 11.2. The second-order valence-corrected chi connectivity index (χ2v) is 4.95. The Hall–Kier alpha value is -1.09. The molecule has 3 heteroatoms. The minimum Gasteiger partial charge on any atom is -0.490 e. The Morgan fingerprint density at radius 1 is 1.33 bits per heavy atom. The van der Waals surface area contributed by atoms with Crippen molar-refractivity contribution < 1.29 is 9.13 Å². The van der Waals surface area contributed by atoms with E-state index in [0.29, 0.717) is 0 Å². The first-order valence-corrected chi connectivity index (χ1v) is 6.94. The van der Waals surface area contributed by atoms with Gasteiger partial charge in [0.2, 0.25) is 0 Å². The van der Waals surface area contributed by atoms with Gasteiger partial charge >= 0.3 is 0 Å². The number of benzene rings is 1. The van der Waals surface area contributed by atoms with Crippen LogP contribution in [0.15, 0.2) is 18.2 Å². The van der Waals surface area contributed by atoms with Gasteiger partial charge in [-0.25, -0.2) is 4.39 Å². The number of hydrogen-bond donors (Lipinski definition) is 1. The molecule has 0 radical (unpaired) electrons. The van der Waals surface area contributed by atoms with E-state index in [0.717, 1.165) is 43.5 Å². The fraction of sp³-hybridized carbons (Fsp3) is 0.600. The molecule has 1 aliphatic heterocycles. The van der Waals surface area contributed by atoms with Gasteiger partial charge in [-0.15, -0.1) is 0 Å². The summed E-state index contributed by atoms with van der Waals surface area (Å²) in [5.41, 5.74) is 0.968. The third-order valence-electron chi connectivity index (χ3n) is 3.39. The lowest BCUT2D eigenvalue weighted by atomic mass is 9.94. The van der Waals surface area contributed by atoms with Crippen molar-refractivity contribution in [2.24, 2.45) is 0 Å². The molecule has 18 heavy (non-hydrogen) atoms. The van der Waals surface area contributed by atoms with Gasteiger partial charge in [-0.1, -0.05) is 20.3 Å². The summed E-state index contributed by atoms with van der Waals surface area (Å²) in [7, 11) is 0. The Labute approximate surface area is 109 Å². The SMILES string of the molecule is CCCNC1CC(CCC)Oc2ccc(F)cc21. The number of nitrogens with one attached hydrogen (secondary N) is 1. The van der Waals surface area contributed by atoms with Crippen LogP contribution in [0, 0.1) is 5.82 Å². The lowest BCUT2D eigenvalue weighted by Gasteiger charge is -2.32. The third kappa shape index (κ3) is 3.02. The molecule has 0 fully saturated rings. The molecular formula is C15H22FNO. The summed E-state index contributed by atoms with van der Waals surface area (Å²) in [5, 5.41) is 3.50. The normalized spacial score (nSPS) is 22.4. The van der Waals surface area contributed by atoms with Gasteiger partial charge in [0.15, 0.2) is 0 Å². The number of fused-ring (bicyclic) bond motifs is 1. The van der Waals surface area contributed by atoms with Crippen LogP contribution in [0.25, 0.3) is 0 Å². The van der Waals surface area contributed by atoms with Crippen LogP contribution in [0.1, 0.15) is 51.1 Å². The lowest BCUT2D eigenvalue weighted by Crippen LogP contribution is -2.33. The predicted molar refractivity (Wildman–Crippen MR) is 71.4 cm³/mol. The monoisotopic (exact) mass is 251 g/mol. The molecule has 2 rings (SSSR count). The lowest BCUT2D eigenvalue weighted by molar-refractivity contribution is 0.140.